The number of nitrogens with one attached hydrogen (secondary N) is 2. The van der Waals surface area contributed by atoms with Gasteiger partial charge in [-0.15, -0.1) is 5.10 Å². The molecule has 5 heteroatoms. The van der Waals surface area contributed by atoms with Crippen LogP contribution in [0.25, 0.3) is 21.5 Å². The van der Waals surface area contributed by atoms with Gasteiger partial charge in [0.1, 0.15) is 0 Å². The summed E-state index contributed by atoms with van der Waals surface area (Å²) in [6, 6.07) is 27.1. The van der Waals surface area contributed by atoms with E-state index in [4.69, 9.17) is 0 Å². The van der Waals surface area contributed by atoms with Gasteiger partial charge >= 0.3 is 0 Å². The van der Waals surface area contributed by atoms with Crippen molar-refractivity contribution in [1.29, 1.82) is 0 Å². The summed E-state index contributed by atoms with van der Waals surface area (Å²) < 4.78 is 0. The quantitative estimate of drug-likeness (QED) is 0.360. The molecule has 0 spiro atoms. The Morgan fingerprint density at radius 1 is 0.613 bits per heavy atom. The molecule has 0 saturated carbocycles. The third kappa shape index (κ3) is 4.16. The first-order valence-corrected chi connectivity index (χ1v) is 10.5. The predicted octanol–water partition coefficient (Wildman–Crippen LogP) is 5.29. The van der Waals surface area contributed by atoms with Gasteiger partial charge in [-0.1, -0.05) is 60.7 Å². The molecule has 0 aliphatic rings. The van der Waals surface area contributed by atoms with Crippen LogP contribution in [0.15, 0.2) is 91.3 Å². The lowest BCUT2D eigenvalue weighted by atomic mass is 10.1. The van der Waals surface area contributed by atoms with E-state index < -0.39 is 0 Å². The van der Waals surface area contributed by atoms with Crippen molar-refractivity contribution in [2.24, 2.45) is 0 Å². The van der Waals surface area contributed by atoms with Gasteiger partial charge in [0, 0.05) is 53.8 Å². The maximum atomic E-state index is 4.53. The zero-order chi connectivity index (χ0) is 20.9. The third-order valence-electron chi connectivity index (χ3n) is 5.41. The lowest BCUT2D eigenvalue weighted by Gasteiger charge is -2.13. The topological polar surface area (TPSA) is 62.7 Å². The van der Waals surface area contributed by atoms with Crippen molar-refractivity contribution in [1.82, 2.24) is 15.2 Å². The summed E-state index contributed by atoms with van der Waals surface area (Å²) in [7, 11) is 0. The molecular weight excluding hydrogens is 382 g/mol. The minimum absolute atomic E-state index is 0.735. The highest BCUT2D eigenvalue weighted by atomic mass is 15.2. The highest BCUT2D eigenvalue weighted by Crippen LogP contribution is 2.25. The normalized spacial score (nSPS) is 11.0. The van der Waals surface area contributed by atoms with Crippen LogP contribution in [0.3, 0.4) is 0 Å². The molecule has 0 unspecified atom stereocenters. The van der Waals surface area contributed by atoms with Crippen molar-refractivity contribution in [3.05, 3.63) is 103 Å². The van der Waals surface area contributed by atoms with Gasteiger partial charge in [-0.3, -0.25) is 4.98 Å². The second kappa shape index (κ2) is 8.79. The summed E-state index contributed by atoms with van der Waals surface area (Å²) in [6.07, 6.45) is 4.35. The monoisotopic (exact) mass is 405 g/mol. The number of nitrogens with zero attached hydrogens (tertiary/aromatic N) is 3. The number of pyridine rings is 1. The van der Waals surface area contributed by atoms with E-state index in [9.17, 15) is 0 Å². The fourth-order valence-electron chi connectivity index (χ4n) is 3.87. The third-order valence-corrected chi connectivity index (χ3v) is 5.41. The van der Waals surface area contributed by atoms with Crippen LogP contribution in [0.4, 0.5) is 11.5 Å². The summed E-state index contributed by atoms with van der Waals surface area (Å²) in [6.45, 7) is 1.52. The van der Waals surface area contributed by atoms with Crippen molar-refractivity contribution in [2.75, 3.05) is 23.7 Å². The Morgan fingerprint density at radius 2 is 1.32 bits per heavy atom. The fraction of sp³-hybridized carbons (Fsp3) is 0.115. The molecule has 0 radical (unpaired) electrons. The number of hydrogen-bond acceptors (Lipinski definition) is 5. The van der Waals surface area contributed by atoms with Crippen molar-refractivity contribution in [3.63, 3.8) is 0 Å². The van der Waals surface area contributed by atoms with Crippen LogP contribution in [0.2, 0.25) is 0 Å². The molecule has 0 amide bonds. The SMILES string of the molecule is c1ccc2c(NCCNc3nnc(Cc4ccncc4)c4ccccc34)cccc2c1. The molecule has 5 rings (SSSR count). The molecule has 152 valence electrons. The molecule has 31 heavy (non-hydrogen) atoms. The van der Waals surface area contributed by atoms with E-state index in [1.807, 2.05) is 36.7 Å². The van der Waals surface area contributed by atoms with Crippen molar-refractivity contribution < 1.29 is 0 Å². The first kappa shape index (κ1) is 19.0. The van der Waals surface area contributed by atoms with Crippen LogP contribution in [0.5, 0.6) is 0 Å². The van der Waals surface area contributed by atoms with Crippen LogP contribution in [-0.2, 0) is 6.42 Å². The first-order chi connectivity index (χ1) is 15.4. The molecule has 0 saturated heterocycles. The number of fused-ring (bicyclic) bond motifs is 2. The average molecular weight is 406 g/mol. The molecule has 2 heterocycles. The Balaban J connectivity index is 1.30. The van der Waals surface area contributed by atoms with E-state index in [0.29, 0.717) is 0 Å². The number of benzene rings is 3. The van der Waals surface area contributed by atoms with E-state index in [1.54, 1.807) is 0 Å². The van der Waals surface area contributed by atoms with Gasteiger partial charge in [-0.2, -0.15) is 5.10 Å². The molecule has 5 nitrogen and oxygen atoms in total. The number of hydrogen-bond donors (Lipinski definition) is 2. The molecule has 3 aromatic carbocycles. The van der Waals surface area contributed by atoms with Gasteiger partial charge in [-0.25, -0.2) is 0 Å². The van der Waals surface area contributed by atoms with Crippen LogP contribution in [0, 0.1) is 0 Å². The molecule has 5 aromatic rings. The van der Waals surface area contributed by atoms with E-state index in [2.05, 4.69) is 80.4 Å². The smallest absolute Gasteiger partial charge is 0.156 e. The summed E-state index contributed by atoms with van der Waals surface area (Å²) in [5.74, 6) is 0.814. The van der Waals surface area contributed by atoms with E-state index in [-0.39, 0.29) is 0 Å². The maximum absolute atomic E-state index is 4.53. The zero-order valence-electron chi connectivity index (χ0n) is 17.1. The molecule has 2 aromatic heterocycles. The largest absolute Gasteiger partial charge is 0.383 e. The average Bonchev–Trinajstić information content (AvgIpc) is 2.83. The van der Waals surface area contributed by atoms with E-state index in [1.165, 1.54) is 16.3 Å². The number of aromatic nitrogens is 3. The lowest BCUT2D eigenvalue weighted by molar-refractivity contribution is 0.945. The Kier molecular flexibility index (Phi) is 5.39. The summed E-state index contributed by atoms with van der Waals surface area (Å²) in [5, 5.41) is 20.7. The molecule has 0 bridgehead atoms. The van der Waals surface area contributed by atoms with Gasteiger partial charge in [0.05, 0.1) is 5.69 Å². The first-order valence-electron chi connectivity index (χ1n) is 10.5. The zero-order valence-corrected chi connectivity index (χ0v) is 17.1. The Hall–Kier alpha value is -3.99. The fourth-order valence-corrected chi connectivity index (χ4v) is 3.87. The van der Waals surface area contributed by atoms with Crippen LogP contribution >= 0.6 is 0 Å². The van der Waals surface area contributed by atoms with Gasteiger partial charge in [-0.05, 0) is 29.1 Å². The minimum atomic E-state index is 0.735. The highest BCUT2D eigenvalue weighted by Gasteiger charge is 2.09. The van der Waals surface area contributed by atoms with Crippen LogP contribution in [-0.4, -0.2) is 28.3 Å². The Bertz CT molecular complexity index is 1310. The highest BCUT2D eigenvalue weighted by molar-refractivity contribution is 5.94. The Morgan fingerprint density at radius 3 is 2.19 bits per heavy atom. The number of rotatable bonds is 7. The van der Waals surface area contributed by atoms with E-state index >= 15 is 0 Å². The molecule has 2 N–H and O–H groups in total. The summed E-state index contributed by atoms with van der Waals surface area (Å²) in [5.41, 5.74) is 3.29. The van der Waals surface area contributed by atoms with Crippen LogP contribution < -0.4 is 10.6 Å². The van der Waals surface area contributed by atoms with Crippen molar-refractivity contribution in [2.45, 2.75) is 6.42 Å². The van der Waals surface area contributed by atoms with Gasteiger partial charge in [0.15, 0.2) is 5.82 Å². The minimum Gasteiger partial charge on any atom is -0.383 e. The standard InChI is InChI=1S/C26H23N5/c1-2-8-21-20(6-1)7-5-11-24(21)28-16-17-29-26-23-10-4-3-9-22(23)25(30-31-26)18-19-12-14-27-15-13-19/h1-15,28H,16-18H2,(H,29,31). The lowest BCUT2D eigenvalue weighted by Crippen LogP contribution is -2.15. The molecule has 0 aliphatic carbocycles. The predicted molar refractivity (Wildman–Crippen MR) is 128 cm³/mol. The molecule has 0 aliphatic heterocycles. The maximum Gasteiger partial charge on any atom is 0.156 e. The Labute approximate surface area is 181 Å². The second-order valence-corrected chi connectivity index (χ2v) is 7.45. The van der Waals surface area contributed by atoms with Crippen LogP contribution in [0.1, 0.15) is 11.3 Å². The number of anilines is 2. The molecule has 0 atom stereocenters. The van der Waals surface area contributed by atoms with E-state index in [0.717, 1.165) is 47.5 Å². The van der Waals surface area contributed by atoms with Crippen molar-refractivity contribution in [3.8, 4) is 0 Å². The second-order valence-electron chi connectivity index (χ2n) is 7.45. The van der Waals surface area contributed by atoms with Crippen molar-refractivity contribution >= 4 is 33.1 Å². The molecular formula is C26H23N5. The molecule has 0 fully saturated rings. The summed E-state index contributed by atoms with van der Waals surface area (Å²) in [4.78, 5) is 4.09. The van der Waals surface area contributed by atoms with Gasteiger partial charge in [0.2, 0.25) is 0 Å². The van der Waals surface area contributed by atoms with Gasteiger partial charge in [0.25, 0.3) is 0 Å². The summed E-state index contributed by atoms with van der Waals surface area (Å²) >= 11 is 0. The van der Waals surface area contributed by atoms with Gasteiger partial charge < -0.3 is 10.6 Å².